The van der Waals surface area contributed by atoms with Crippen LogP contribution in [0.25, 0.3) is 22.4 Å². The van der Waals surface area contributed by atoms with Gasteiger partial charge in [-0.15, -0.1) is 10.2 Å². The van der Waals surface area contributed by atoms with Crippen molar-refractivity contribution in [2.75, 3.05) is 12.0 Å². The monoisotopic (exact) mass is 495 g/mol. The minimum atomic E-state index is -0.964. The van der Waals surface area contributed by atoms with E-state index in [1.54, 1.807) is 24.3 Å². The highest BCUT2D eigenvalue weighted by molar-refractivity contribution is 5.75. The molecule has 8 nitrogen and oxygen atoms in total. The largest absolute Gasteiger partial charge is 0.481 e. The molecule has 4 atom stereocenters. The number of nitrogens with zero attached hydrogens (tertiary/aromatic N) is 4. The number of hydrogen-bond donors (Lipinski definition) is 2. The molecule has 10 heteroatoms. The highest BCUT2D eigenvalue weighted by Crippen LogP contribution is 2.41. The summed E-state index contributed by atoms with van der Waals surface area (Å²) >= 11 is 0. The van der Waals surface area contributed by atoms with Gasteiger partial charge in [0, 0.05) is 36.0 Å². The van der Waals surface area contributed by atoms with E-state index in [1.807, 2.05) is 0 Å². The normalized spacial score (nSPS) is 25.0. The van der Waals surface area contributed by atoms with Gasteiger partial charge < -0.3 is 19.8 Å². The second-order valence-electron chi connectivity index (χ2n) is 9.72. The fourth-order valence-electron chi connectivity index (χ4n) is 5.57. The first-order chi connectivity index (χ1) is 17.6. The molecule has 2 saturated heterocycles. The molecule has 3 fully saturated rings. The molecule has 2 bridgehead atoms. The van der Waals surface area contributed by atoms with Crippen molar-refractivity contribution in [3.05, 3.63) is 48.4 Å². The molecule has 4 unspecified atom stereocenters. The standard InChI is InChI=1S/C26H27F2N5O3/c1-35-25-10-14(8-9-29-25)17-13-23(36-34)18(12-19(17)27)20-6-7-24(32-31-20)33(16-3-4-16)22-11-15-2-5-21(30-15)26(22)28/h6-10,12-13,15-16,21-22,26,30,34H,2-5,11H2,1H3. The Morgan fingerprint density at radius 1 is 1.06 bits per heavy atom. The second kappa shape index (κ2) is 9.25. The van der Waals surface area contributed by atoms with Gasteiger partial charge in [-0.3, -0.25) is 0 Å². The van der Waals surface area contributed by atoms with Crippen LogP contribution in [-0.2, 0) is 0 Å². The summed E-state index contributed by atoms with van der Waals surface area (Å²) in [6.45, 7) is 0. The van der Waals surface area contributed by atoms with E-state index in [0.717, 1.165) is 32.1 Å². The van der Waals surface area contributed by atoms with Gasteiger partial charge in [-0.05, 0) is 68.0 Å². The highest BCUT2D eigenvalue weighted by Gasteiger charge is 2.48. The topological polar surface area (TPSA) is 92.6 Å². The SMILES string of the molecule is COc1cc(-c2cc(OO)c(-c3ccc(N(C4CC4)C4CC5CCC(N5)C4F)nn3)cc2F)ccn1. The van der Waals surface area contributed by atoms with Crippen molar-refractivity contribution in [2.24, 2.45) is 0 Å². The van der Waals surface area contributed by atoms with Crippen molar-refractivity contribution < 1.29 is 23.7 Å². The van der Waals surface area contributed by atoms with E-state index >= 15 is 8.78 Å². The molecular weight excluding hydrogens is 468 g/mol. The van der Waals surface area contributed by atoms with E-state index in [0.29, 0.717) is 29.0 Å². The van der Waals surface area contributed by atoms with Crippen LogP contribution in [0.5, 0.6) is 11.6 Å². The van der Waals surface area contributed by atoms with Gasteiger partial charge in [0.15, 0.2) is 11.6 Å². The molecule has 1 aromatic carbocycles. The fraction of sp³-hybridized carbons (Fsp3) is 0.423. The summed E-state index contributed by atoms with van der Waals surface area (Å²) in [5.74, 6) is 0.445. The van der Waals surface area contributed by atoms with Gasteiger partial charge in [0.2, 0.25) is 5.88 Å². The number of methoxy groups -OCH3 is 1. The Morgan fingerprint density at radius 3 is 2.64 bits per heavy atom. The zero-order valence-electron chi connectivity index (χ0n) is 19.8. The lowest BCUT2D eigenvalue weighted by molar-refractivity contribution is -0.137. The lowest BCUT2D eigenvalue weighted by Gasteiger charge is -2.41. The Balaban J connectivity index is 1.31. The number of nitrogens with one attached hydrogen (secondary N) is 1. The quantitative estimate of drug-likeness (QED) is 0.368. The van der Waals surface area contributed by atoms with Crippen LogP contribution < -0.4 is 19.8 Å². The summed E-state index contributed by atoms with van der Waals surface area (Å²) in [5.41, 5.74) is 1.31. The number of rotatable bonds is 7. The average molecular weight is 496 g/mol. The molecule has 1 aliphatic carbocycles. The molecule has 2 aromatic heterocycles. The Labute approximate surface area is 207 Å². The number of benzene rings is 1. The fourth-order valence-corrected chi connectivity index (χ4v) is 5.57. The zero-order chi connectivity index (χ0) is 24.8. The number of pyridine rings is 1. The molecule has 36 heavy (non-hydrogen) atoms. The van der Waals surface area contributed by atoms with Gasteiger partial charge in [0.05, 0.1) is 24.4 Å². The predicted molar refractivity (Wildman–Crippen MR) is 129 cm³/mol. The molecule has 3 aliphatic rings. The first kappa shape index (κ1) is 23.1. The number of aromatic nitrogens is 3. The Hall–Kier alpha value is -3.37. The van der Waals surface area contributed by atoms with Gasteiger partial charge in [-0.2, -0.15) is 0 Å². The van der Waals surface area contributed by atoms with Crippen LogP contribution in [0.1, 0.15) is 32.1 Å². The molecule has 0 radical (unpaired) electrons. The van der Waals surface area contributed by atoms with Gasteiger partial charge in [-0.25, -0.2) is 19.0 Å². The van der Waals surface area contributed by atoms with Crippen LogP contribution in [0.2, 0.25) is 0 Å². The van der Waals surface area contributed by atoms with E-state index in [9.17, 15) is 5.26 Å². The van der Waals surface area contributed by atoms with Gasteiger partial charge in [0.25, 0.3) is 0 Å². The number of alkyl halides is 1. The maximum atomic E-state index is 15.3. The third kappa shape index (κ3) is 4.14. The Morgan fingerprint density at radius 2 is 1.92 bits per heavy atom. The summed E-state index contributed by atoms with van der Waals surface area (Å²) < 4.78 is 35.6. The maximum absolute atomic E-state index is 15.3. The Kier molecular flexibility index (Phi) is 5.93. The second-order valence-corrected chi connectivity index (χ2v) is 9.72. The maximum Gasteiger partial charge on any atom is 0.213 e. The molecule has 2 aliphatic heterocycles. The number of hydrogen-bond acceptors (Lipinski definition) is 8. The van der Waals surface area contributed by atoms with Crippen molar-refractivity contribution >= 4 is 5.82 Å². The molecule has 0 amide bonds. The Bertz CT molecular complexity index is 1260. The molecule has 0 spiro atoms. The van der Waals surface area contributed by atoms with Crippen molar-refractivity contribution in [1.82, 2.24) is 20.5 Å². The smallest absolute Gasteiger partial charge is 0.213 e. The summed E-state index contributed by atoms with van der Waals surface area (Å²) in [6, 6.07) is 9.62. The third-order valence-electron chi connectivity index (χ3n) is 7.47. The lowest BCUT2D eigenvalue weighted by atomic mass is 9.95. The summed E-state index contributed by atoms with van der Waals surface area (Å²) in [4.78, 5) is 10.7. The van der Waals surface area contributed by atoms with Crippen molar-refractivity contribution in [1.29, 1.82) is 0 Å². The minimum Gasteiger partial charge on any atom is -0.481 e. The number of fused-ring (bicyclic) bond motifs is 2. The molecular formula is C26H27F2N5O3. The van der Waals surface area contributed by atoms with Crippen LogP contribution in [0.4, 0.5) is 14.6 Å². The molecule has 2 N–H and O–H groups in total. The van der Waals surface area contributed by atoms with E-state index in [-0.39, 0.29) is 35.0 Å². The first-order valence-electron chi connectivity index (χ1n) is 12.2. The van der Waals surface area contributed by atoms with Crippen molar-refractivity contribution in [2.45, 2.75) is 62.4 Å². The lowest BCUT2D eigenvalue weighted by Crippen LogP contribution is -2.57. The number of halogens is 2. The third-order valence-corrected chi connectivity index (χ3v) is 7.47. The van der Waals surface area contributed by atoms with Crippen LogP contribution in [0, 0.1) is 5.82 Å². The number of anilines is 1. The molecule has 1 saturated carbocycles. The molecule has 3 aromatic rings. The predicted octanol–water partition coefficient (Wildman–Crippen LogP) is 4.40. The highest BCUT2D eigenvalue weighted by atomic mass is 19.1. The summed E-state index contributed by atoms with van der Waals surface area (Å²) in [7, 11) is 1.48. The van der Waals surface area contributed by atoms with Crippen LogP contribution in [0.15, 0.2) is 42.6 Å². The average Bonchev–Trinajstić information content (AvgIpc) is 3.66. The van der Waals surface area contributed by atoms with E-state index in [2.05, 4.69) is 30.3 Å². The van der Waals surface area contributed by atoms with Crippen LogP contribution >= 0.6 is 0 Å². The van der Waals surface area contributed by atoms with E-state index in [1.165, 1.54) is 25.4 Å². The van der Waals surface area contributed by atoms with Gasteiger partial charge in [0.1, 0.15) is 12.0 Å². The number of ether oxygens (including phenoxy) is 1. The number of piperidine rings is 1. The molecule has 6 rings (SSSR count). The molecule has 188 valence electrons. The van der Waals surface area contributed by atoms with E-state index < -0.39 is 12.0 Å². The first-order valence-corrected chi connectivity index (χ1v) is 12.2. The van der Waals surface area contributed by atoms with Crippen molar-refractivity contribution in [3.63, 3.8) is 0 Å². The minimum absolute atomic E-state index is 0.0297. The summed E-state index contributed by atoms with van der Waals surface area (Å²) in [5, 5.41) is 21.7. The van der Waals surface area contributed by atoms with Crippen molar-refractivity contribution in [3.8, 4) is 34.0 Å². The van der Waals surface area contributed by atoms with E-state index in [4.69, 9.17) is 4.74 Å². The molecule has 4 heterocycles. The summed E-state index contributed by atoms with van der Waals surface area (Å²) in [6.07, 6.45) is 5.16. The zero-order valence-corrected chi connectivity index (χ0v) is 19.8. The van der Waals surface area contributed by atoms with Crippen LogP contribution in [-0.4, -0.2) is 57.9 Å². The van der Waals surface area contributed by atoms with Gasteiger partial charge >= 0.3 is 0 Å². The van der Waals surface area contributed by atoms with Gasteiger partial charge in [-0.1, -0.05) is 0 Å². The van der Waals surface area contributed by atoms with Crippen LogP contribution in [0.3, 0.4) is 0 Å².